The first kappa shape index (κ1) is 30.3. The lowest BCUT2D eigenvalue weighted by Gasteiger charge is -2.25. The molecule has 0 amide bonds. The van der Waals surface area contributed by atoms with Crippen LogP contribution < -0.4 is 0 Å². The molecule has 1 saturated carbocycles. The summed E-state index contributed by atoms with van der Waals surface area (Å²) in [6, 6.07) is 0. The highest BCUT2D eigenvalue weighted by Crippen LogP contribution is 2.66. The van der Waals surface area contributed by atoms with Crippen molar-refractivity contribution >= 4 is 45.1 Å². The third-order valence-electron chi connectivity index (χ3n) is 5.32. The Kier molecular flexibility index (Phi) is 12.4. The van der Waals surface area contributed by atoms with Crippen LogP contribution in [-0.2, 0) is 36.3 Å². The van der Waals surface area contributed by atoms with Crippen LogP contribution in [0.25, 0.3) is 0 Å². The van der Waals surface area contributed by atoms with Crippen molar-refractivity contribution in [1.82, 2.24) is 0 Å². The normalized spacial score (nSPS) is 30.2. The van der Waals surface area contributed by atoms with Gasteiger partial charge in [0, 0.05) is 6.42 Å². The van der Waals surface area contributed by atoms with E-state index in [1.165, 1.54) is 40.9 Å². The van der Waals surface area contributed by atoms with Gasteiger partial charge in [0.15, 0.2) is 0 Å². The Morgan fingerprint density at radius 2 is 1.58 bits per heavy atom. The molecule has 17 heteroatoms. The molecule has 2 rings (SSSR count). The molecule has 1 aliphatic carbocycles. The van der Waals surface area contributed by atoms with Gasteiger partial charge in [0.2, 0.25) is 0 Å². The fraction of sp³-hybridized carbons (Fsp3) is 1.00. The number of phosphoric acid groups is 3. The van der Waals surface area contributed by atoms with E-state index < -0.39 is 42.3 Å². The molecule has 2 fully saturated rings. The molecule has 0 bridgehead atoms. The van der Waals surface area contributed by atoms with Crippen LogP contribution in [0.5, 0.6) is 0 Å². The standard InChI is InChI=1S/C16H33O12P3S2/c1-12(33-32-2)25-15-10-14(13-8-6-4-3-5-7-9-13)26-16(15)11-24-30(20,21)28-31(22,23)27-29(17,18)19/h12-16H,3-11H2,1-2H3,(H,20,21)(H,22,23)(H2,17,18,19)/t12-,14-,15-,16?/m1/s1. The SMILES string of the molecule is CSS[C@H](C)O[C@@H]1C[C@H](C2CCCCCCC2)OC1COP(=O)(O)OP(=O)(O)OP(=O)(O)O. The number of rotatable bonds is 12. The van der Waals surface area contributed by atoms with Gasteiger partial charge in [-0.1, -0.05) is 53.7 Å². The Labute approximate surface area is 201 Å². The van der Waals surface area contributed by atoms with Gasteiger partial charge < -0.3 is 29.0 Å². The monoisotopic (exact) mass is 574 g/mol. The number of ether oxygens (including phenoxy) is 2. The summed E-state index contributed by atoms with van der Waals surface area (Å²) in [5, 5.41) is 0. The second kappa shape index (κ2) is 13.5. The summed E-state index contributed by atoms with van der Waals surface area (Å²) in [6.45, 7) is 1.39. The van der Waals surface area contributed by atoms with Crippen molar-refractivity contribution in [2.24, 2.45) is 5.92 Å². The van der Waals surface area contributed by atoms with E-state index in [4.69, 9.17) is 23.8 Å². The van der Waals surface area contributed by atoms with Crippen molar-refractivity contribution in [2.75, 3.05) is 12.9 Å². The highest BCUT2D eigenvalue weighted by atomic mass is 33.1. The quantitative estimate of drug-likeness (QED) is 0.144. The van der Waals surface area contributed by atoms with Gasteiger partial charge >= 0.3 is 23.5 Å². The maximum atomic E-state index is 12.1. The van der Waals surface area contributed by atoms with Crippen molar-refractivity contribution in [1.29, 1.82) is 0 Å². The minimum atomic E-state index is -5.57. The highest BCUT2D eigenvalue weighted by molar-refractivity contribution is 8.76. The van der Waals surface area contributed by atoms with E-state index in [0.29, 0.717) is 12.3 Å². The summed E-state index contributed by atoms with van der Waals surface area (Å²) in [4.78, 5) is 36.4. The maximum absolute atomic E-state index is 12.1. The topological polar surface area (TPSA) is 178 Å². The summed E-state index contributed by atoms with van der Waals surface area (Å²) in [7, 11) is -13.2. The van der Waals surface area contributed by atoms with Crippen LogP contribution in [-0.4, -0.2) is 56.2 Å². The summed E-state index contributed by atoms with van der Waals surface area (Å²) in [6.07, 6.45) is 9.06. The lowest BCUT2D eigenvalue weighted by molar-refractivity contribution is -0.0599. The molecule has 12 nitrogen and oxygen atoms in total. The lowest BCUT2D eigenvalue weighted by Crippen LogP contribution is -2.31. The molecule has 0 aromatic heterocycles. The molecular weight excluding hydrogens is 541 g/mol. The molecule has 1 saturated heterocycles. The fourth-order valence-corrected chi connectivity index (χ4v) is 8.51. The molecule has 0 spiro atoms. The highest BCUT2D eigenvalue weighted by Gasteiger charge is 2.44. The Bertz CT molecular complexity index is 744. The van der Waals surface area contributed by atoms with Crippen molar-refractivity contribution < 1.29 is 55.9 Å². The summed E-state index contributed by atoms with van der Waals surface area (Å²) < 4.78 is 59.0. The minimum Gasteiger partial charge on any atom is -0.369 e. The average Bonchev–Trinajstić information content (AvgIpc) is 2.99. The molecule has 6 atom stereocenters. The van der Waals surface area contributed by atoms with Gasteiger partial charge in [-0.05, 0) is 31.9 Å². The Balaban J connectivity index is 2.02. The fourth-order valence-electron chi connectivity index (χ4n) is 4.08. The minimum absolute atomic E-state index is 0.117. The second-order valence-corrected chi connectivity index (χ2v) is 15.1. The van der Waals surface area contributed by atoms with E-state index >= 15 is 0 Å². The molecule has 3 unspecified atom stereocenters. The van der Waals surface area contributed by atoms with E-state index in [-0.39, 0.29) is 11.5 Å². The zero-order valence-corrected chi connectivity index (χ0v) is 22.8. The number of phosphoric ester groups is 1. The van der Waals surface area contributed by atoms with E-state index in [1.807, 2.05) is 13.2 Å². The number of hydrogen-bond acceptors (Lipinski definition) is 10. The van der Waals surface area contributed by atoms with Crippen LogP contribution >= 0.6 is 45.1 Å². The molecule has 2 aliphatic rings. The first-order valence-electron chi connectivity index (χ1n) is 10.6. The molecule has 4 N–H and O–H groups in total. The molecule has 0 radical (unpaired) electrons. The number of hydrogen-bond donors (Lipinski definition) is 4. The van der Waals surface area contributed by atoms with Crippen LogP contribution in [0.15, 0.2) is 0 Å². The Morgan fingerprint density at radius 3 is 2.15 bits per heavy atom. The van der Waals surface area contributed by atoms with Gasteiger partial charge in [0.1, 0.15) is 11.5 Å². The largest absolute Gasteiger partial charge is 0.490 e. The predicted molar refractivity (Wildman–Crippen MR) is 124 cm³/mol. The molecule has 1 heterocycles. The Hall–Kier alpha value is 1.03. The van der Waals surface area contributed by atoms with Gasteiger partial charge in [-0.3, -0.25) is 4.52 Å². The molecule has 1 aliphatic heterocycles. The van der Waals surface area contributed by atoms with Gasteiger partial charge in [0.05, 0.1) is 18.8 Å². The second-order valence-electron chi connectivity index (χ2n) is 7.95. The molecule has 196 valence electrons. The zero-order chi connectivity index (χ0) is 24.7. The van der Waals surface area contributed by atoms with Crippen LogP contribution in [0, 0.1) is 5.92 Å². The molecule has 0 aromatic rings. The molecule has 33 heavy (non-hydrogen) atoms. The molecule has 0 aromatic carbocycles. The van der Waals surface area contributed by atoms with E-state index in [1.54, 1.807) is 0 Å². The maximum Gasteiger partial charge on any atom is 0.490 e. The first-order chi connectivity index (χ1) is 15.3. The third kappa shape index (κ3) is 11.7. The first-order valence-corrected chi connectivity index (χ1v) is 17.7. The van der Waals surface area contributed by atoms with Gasteiger partial charge in [-0.25, -0.2) is 13.7 Å². The Morgan fingerprint density at radius 1 is 0.970 bits per heavy atom. The van der Waals surface area contributed by atoms with Crippen molar-refractivity contribution in [2.45, 2.75) is 82.0 Å². The van der Waals surface area contributed by atoms with Gasteiger partial charge in [-0.15, -0.1) is 0 Å². The van der Waals surface area contributed by atoms with Crippen molar-refractivity contribution in [3.05, 3.63) is 0 Å². The summed E-state index contributed by atoms with van der Waals surface area (Å²) in [5.41, 5.74) is -0.182. The molecular formula is C16H33O12P3S2. The van der Waals surface area contributed by atoms with Crippen molar-refractivity contribution in [3.8, 4) is 0 Å². The van der Waals surface area contributed by atoms with Crippen LogP contribution in [0.2, 0.25) is 0 Å². The zero-order valence-electron chi connectivity index (χ0n) is 18.5. The van der Waals surface area contributed by atoms with Crippen LogP contribution in [0.1, 0.15) is 58.3 Å². The van der Waals surface area contributed by atoms with E-state index in [2.05, 4.69) is 8.62 Å². The van der Waals surface area contributed by atoms with Crippen LogP contribution in [0.4, 0.5) is 0 Å². The summed E-state index contributed by atoms with van der Waals surface area (Å²) >= 11 is 0. The average molecular weight is 574 g/mol. The lowest BCUT2D eigenvalue weighted by atomic mass is 9.86. The van der Waals surface area contributed by atoms with Crippen LogP contribution in [0.3, 0.4) is 0 Å². The van der Waals surface area contributed by atoms with E-state index in [9.17, 15) is 23.5 Å². The van der Waals surface area contributed by atoms with Gasteiger partial charge in [0.25, 0.3) is 0 Å². The van der Waals surface area contributed by atoms with Crippen molar-refractivity contribution in [3.63, 3.8) is 0 Å². The van der Waals surface area contributed by atoms with Gasteiger partial charge in [-0.2, -0.15) is 8.62 Å². The van der Waals surface area contributed by atoms with E-state index in [0.717, 1.165) is 25.7 Å². The smallest absolute Gasteiger partial charge is 0.369 e. The summed E-state index contributed by atoms with van der Waals surface area (Å²) in [5.74, 6) is 0.330. The third-order valence-corrected chi connectivity index (χ3v) is 11.1. The predicted octanol–water partition coefficient (Wildman–Crippen LogP) is 4.59.